The second kappa shape index (κ2) is 8.75. The Morgan fingerprint density at radius 1 is 0.968 bits per heavy atom. The van der Waals surface area contributed by atoms with E-state index < -0.39 is 5.91 Å². The number of carbonyl (C=O) groups excluding carboxylic acids is 2. The molecule has 2 heterocycles. The molecule has 0 radical (unpaired) electrons. The summed E-state index contributed by atoms with van der Waals surface area (Å²) in [4.78, 5) is 33.8. The van der Waals surface area contributed by atoms with Gasteiger partial charge in [0.25, 0.3) is 5.91 Å². The highest BCUT2D eigenvalue weighted by atomic mass is 35.5. The molecule has 0 fully saturated rings. The van der Waals surface area contributed by atoms with E-state index in [0.717, 1.165) is 0 Å². The summed E-state index contributed by atoms with van der Waals surface area (Å²) in [6.07, 6.45) is 3.21. The van der Waals surface area contributed by atoms with E-state index in [4.69, 9.17) is 23.2 Å². The van der Waals surface area contributed by atoms with Crippen molar-refractivity contribution >= 4 is 57.4 Å². The van der Waals surface area contributed by atoms with Crippen molar-refractivity contribution in [1.29, 1.82) is 0 Å². The molecule has 31 heavy (non-hydrogen) atoms. The molecule has 9 heteroatoms. The summed E-state index contributed by atoms with van der Waals surface area (Å²) in [5.41, 5.74) is 2.62. The highest BCUT2D eigenvalue weighted by Crippen LogP contribution is 2.28. The van der Waals surface area contributed by atoms with Gasteiger partial charge in [-0.1, -0.05) is 35.3 Å². The lowest BCUT2D eigenvalue weighted by molar-refractivity contribution is -0.116. The summed E-state index contributed by atoms with van der Waals surface area (Å²) in [5, 5.41) is 6.16. The van der Waals surface area contributed by atoms with Crippen LogP contribution in [0.4, 0.5) is 11.4 Å². The minimum Gasteiger partial charge on any atom is -0.324 e. The molecule has 0 spiro atoms. The van der Waals surface area contributed by atoms with Gasteiger partial charge in [0.1, 0.15) is 17.9 Å². The minimum absolute atomic E-state index is 0.0679. The van der Waals surface area contributed by atoms with Crippen molar-refractivity contribution in [2.45, 2.75) is 13.5 Å². The van der Waals surface area contributed by atoms with Gasteiger partial charge in [-0.05, 0) is 43.3 Å². The Bertz CT molecular complexity index is 1270. The quantitative estimate of drug-likeness (QED) is 0.447. The number of nitrogens with one attached hydrogen (secondary N) is 2. The first kappa shape index (κ1) is 20.8. The van der Waals surface area contributed by atoms with Crippen LogP contribution in [-0.2, 0) is 11.3 Å². The number of aryl methyl sites for hydroxylation is 1. The molecule has 7 nitrogen and oxygen atoms in total. The number of hydrogen-bond donors (Lipinski definition) is 2. The Hall–Kier alpha value is -3.42. The summed E-state index contributed by atoms with van der Waals surface area (Å²) in [5.74, 6) is -0.00558. The van der Waals surface area contributed by atoms with Crippen LogP contribution in [0.3, 0.4) is 0 Å². The van der Waals surface area contributed by atoms with Crippen LogP contribution in [0.5, 0.6) is 0 Å². The number of rotatable bonds is 5. The van der Waals surface area contributed by atoms with Crippen molar-refractivity contribution in [3.63, 3.8) is 0 Å². The molecule has 0 aliphatic carbocycles. The molecule has 2 N–H and O–H groups in total. The summed E-state index contributed by atoms with van der Waals surface area (Å²) in [6.45, 7) is 1.87. The largest absolute Gasteiger partial charge is 0.324 e. The number of imidazole rings is 1. The second-order valence-electron chi connectivity index (χ2n) is 6.75. The van der Waals surface area contributed by atoms with Crippen LogP contribution in [0.25, 0.3) is 11.0 Å². The molecule has 4 aromatic rings. The Morgan fingerprint density at radius 3 is 2.35 bits per heavy atom. The zero-order valence-electron chi connectivity index (χ0n) is 16.4. The van der Waals surface area contributed by atoms with Crippen molar-refractivity contribution in [2.75, 3.05) is 10.6 Å². The zero-order chi connectivity index (χ0) is 22.0. The van der Waals surface area contributed by atoms with E-state index >= 15 is 0 Å². The molecule has 4 rings (SSSR count). The SMILES string of the molecule is Cc1nc2c(NC(=O)c3c(Cl)cccc3Cl)cccc2n1CC(=O)Nc1ccncc1. The maximum Gasteiger partial charge on any atom is 0.258 e. The van der Waals surface area contributed by atoms with E-state index in [0.29, 0.717) is 28.2 Å². The number of hydrogen-bond acceptors (Lipinski definition) is 4. The second-order valence-corrected chi connectivity index (χ2v) is 7.57. The van der Waals surface area contributed by atoms with Gasteiger partial charge in [0.05, 0.1) is 26.8 Å². The molecular formula is C22H17Cl2N5O2. The topological polar surface area (TPSA) is 88.9 Å². The van der Waals surface area contributed by atoms with Crippen LogP contribution in [-0.4, -0.2) is 26.3 Å². The lowest BCUT2D eigenvalue weighted by Crippen LogP contribution is -2.19. The third-order valence-electron chi connectivity index (χ3n) is 4.67. The average molecular weight is 454 g/mol. The molecule has 0 atom stereocenters. The van der Waals surface area contributed by atoms with Crippen molar-refractivity contribution in [1.82, 2.24) is 14.5 Å². The Morgan fingerprint density at radius 2 is 1.65 bits per heavy atom. The summed E-state index contributed by atoms with van der Waals surface area (Å²) >= 11 is 12.3. The van der Waals surface area contributed by atoms with Crippen LogP contribution in [0.2, 0.25) is 10.0 Å². The molecule has 0 saturated carbocycles. The third-order valence-corrected chi connectivity index (χ3v) is 5.30. The number of amides is 2. The number of para-hydroxylation sites is 1. The first-order valence-electron chi connectivity index (χ1n) is 9.35. The number of pyridine rings is 1. The smallest absolute Gasteiger partial charge is 0.258 e. The molecule has 0 unspecified atom stereocenters. The number of benzene rings is 2. The number of nitrogens with zero attached hydrogens (tertiary/aromatic N) is 3. The van der Waals surface area contributed by atoms with Crippen molar-refractivity contribution in [2.24, 2.45) is 0 Å². The number of fused-ring (bicyclic) bond motifs is 1. The van der Waals surface area contributed by atoms with E-state index in [-0.39, 0.29) is 28.1 Å². The van der Waals surface area contributed by atoms with Gasteiger partial charge in [0.15, 0.2) is 0 Å². The van der Waals surface area contributed by atoms with Gasteiger partial charge in [0, 0.05) is 18.1 Å². The minimum atomic E-state index is -0.439. The Balaban J connectivity index is 1.61. The maximum absolute atomic E-state index is 12.8. The van der Waals surface area contributed by atoms with Crippen LogP contribution in [0.15, 0.2) is 60.9 Å². The van der Waals surface area contributed by atoms with E-state index in [1.165, 1.54) is 0 Å². The molecule has 2 aromatic heterocycles. The Labute approximate surface area is 188 Å². The molecule has 2 amide bonds. The highest BCUT2D eigenvalue weighted by molar-refractivity contribution is 6.40. The molecule has 156 valence electrons. The van der Waals surface area contributed by atoms with Gasteiger partial charge >= 0.3 is 0 Å². The normalized spacial score (nSPS) is 10.8. The summed E-state index contributed by atoms with van der Waals surface area (Å²) in [7, 11) is 0. The molecule has 0 aliphatic rings. The van der Waals surface area contributed by atoms with Gasteiger partial charge in [-0.3, -0.25) is 14.6 Å². The van der Waals surface area contributed by atoms with Crippen molar-refractivity contribution < 1.29 is 9.59 Å². The summed E-state index contributed by atoms with van der Waals surface area (Å²) < 4.78 is 1.78. The predicted octanol–water partition coefficient (Wildman–Crippen LogP) is 4.94. The average Bonchev–Trinajstić information content (AvgIpc) is 3.05. The summed E-state index contributed by atoms with van der Waals surface area (Å²) in [6, 6.07) is 13.7. The zero-order valence-corrected chi connectivity index (χ0v) is 17.9. The first-order chi connectivity index (χ1) is 14.9. The van der Waals surface area contributed by atoms with E-state index in [2.05, 4.69) is 20.6 Å². The maximum atomic E-state index is 12.8. The lowest BCUT2D eigenvalue weighted by atomic mass is 10.2. The van der Waals surface area contributed by atoms with Gasteiger partial charge in [-0.15, -0.1) is 0 Å². The first-order valence-corrected chi connectivity index (χ1v) is 10.1. The molecule has 0 saturated heterocycles. The van der Waals surface area contributed by atoms with E-state index in [1.54, 1.807) is 66.3 Å². The van der Waals surface area contributed by atoms with Crippen LogP contribution in [0.1, 0.15) is 16.2 Å². The number of anilines is 2. The number of halogens is 2. The standard InChI is InChI=1S/C22H17Cl2N5O2/c1-13-26-21-17(28-22(31)20-15(23)4-2-5-16(20)24)6-3-7-18(21)29(13)12-19(30)27-14-8-10-25-11-9-14/h2-11H,12H2,1H3,(H,28,31)(H,25,27,30). The highest BCUT2D eigenvalue weighted by Gasteiger charge is 2.18. The number of carbonyl (C=O) groups is 2. The van der Waals surface area contributed by atoms with E-state index in [9.17, 15) is 9.59 Å². The fraction of sp³-hybridized carbons (Fsp3) is 0.0909. The fourth-order valence-electron chi connectivity index (χ4n) is 3.24. The molecular weight excluding hydrogens is 437 g/mol. The number of aromatic nitrogens is 3. The Kier molecular flexibility index (Phi) is 5.88. The van der Waals surface area contributed by atoms with Crippen molar-refractivity contribution in [3.8, 4) is 0 Å². The third kappa shape index (κ3) is 4.38. The van der Waals surface area contributed by atoms with Gasteiger partial charge < -0.3 is 15.2 Å². The molecule has 0 aliphatic heterocycles. The molecule has 0 bridgehead atoms. The van der Waals surface area contributed by atoms with Gasteiger partial charge in [-0.25, -0.2) is 4.98 Å². The monoisotopic (exact) mass is 453 g/mol. The van der Waals surface area contributed by atoms with Crippen LogP contribution < -0.4 is 10.6 Å². The van der Waals surface area contributed by atoms with Crippen LogP contribution >= 0.6 is 23.2 Å². The van der Waals surface area contributed by atoms with Gasteiger partial charge in [-0.2, -0.15) is 0 Å². The predicted molar refractivity (Wildman–Crippen MR) is 122 cm³/mol. The molecule has 2 aromatic carbocycles. The van der Waals surface area contributed by atoms with Crippen LogP contribution in [0, 0.1) is 6.92 Å². The van der Waals surface area contributed by atoms with Gasteiger partial charge in [0.2, 0.25) is 5.91 Å². The lowest BCUT2D eigenvalue weighted by Gasteiger charge is -2.10. The van der Waals surface area contributed by atoms with Crippen molar-refractivity contribution in [3.05, 3.63) is 82.4 Å². The van der Waals surface area contributed by atoms with E-state index in [1.807, 2.05) is 6.07 Å². The fourth-order valence-corrected chi connectivity index (χ4v) is 3.81.